The molecule has 0 radical (unpaired) electrons. The van der Waals surface area contributed by atoms with Crippen LogP contribution in [0.25, 0.3) is 0 Å². The van der Waals surface area contributed by atoms with E-state index in [1.54, 1.807) is 0 Å². The quantitative estimate of drug-likeness (QED) is 0.738. The fourth-order valence-electron chi connectivity index (χ4n) is 1.90. The normalized spacial score (nSPS) is 28.5. The molecule has 2 atom stereocenters. The van der Waals surface area contributed by atoms with Crippen LogP contribution in [0.4, 0.5) is 0 Å². The van der Waals surface area contributed by atoms with Gasteiger partial charge < -0.3 is 9.84 Å². The predicted octanol–water partition coefficient (Wildman–Crippen LogP) is -0.185. The number of aliphatic hydroxyl groups is 1. The first-order valence-corrected chi connectivity index (χ1v) is 5.80. The van der Waals surface area contributed by atoms with Gasteiger partial charge in [-0.15, -0.1) is 11.6 Å². The molecule has 0 aromatic carbocycles. The van der Waals surface area contributed by atoms with Crippen molar-refractivity contribution in [3.8, 4) is 0 Å². The maximum atomic E-state index is 11.5. The smallest absolute Gasteiger partial charge is 0.330 e. The number of nitrogens with zero attached hydrogens (tertiary/aromatic N) is 1. The number of ether oxygens (including phenoxy) is 1. The second-order valence-corrected chi connectivity index (χ2v) is 4.37. The summed E-state index contributed by atoms with van der Waals surface area (Å²) in [5.74, 6) is 0.165. The number of alkyl halides is 1. The number of rotatable bonds is 3. The summed E-state index contributed by atoms with van der Waals surface area (Å²) in [6, 6.07) is 1.25. The highest BCUT2D eigenvalue weighted by Gasteiger charge is 2.40. The molecule has 0 saturated carbocycles. The summed E-state index contributed by atoms with van der Waals surface area (Å²) in [5.41, 5.74) is -1.76. The van der Waals surface area contributed by atoms with Gasteiger partial charge >= 0.3 is 5.69 Å². The van der Waals surface area contributed by atoms with Crippen molar-refractivity contribution in [3.63, 3.8) is 0 Å². The number of halogens is 1. The van der Waals surface area contributed by atoms with Crippen LogP contribution >= 0.6 is 11.6 Å². The molecule has 2 unspecified atom stereocenters. The molecule has 1 fully saturated rings. The van der Waals surface area contributed by atoms with Crippen molar-refractivity contribution in [1.82, 2.24) is 9.55 Å². The Morgan fingerprint density at radius 3 is 2.94 bits per heavy atom. The van der Waals surface area contributed by atoms with Gasteiger partial charge in [0.1, 0.15) is 11.8 Å². The van der Waals surface area contributed by atoms with E-state index in [1.165, 1.54) is 16.8 Å². The van der Waals surface area contributed by atoms with E-state index in [9.17, 15) is 14.7 Å². The average Bonchev–Trinajstić information content (AvgIpc) is 2.74. The molecule has 1 saturated heterocycles. The third kappa shape index (κ3) is 2.29. The van der Waals surface area contributed by atoms with Crippen molar-refractivity contribution in [2.45, 2.75) is 24.7 Å². The fourth-order valence-corrected chi connectivity index (χ4v) is 2.18. The van der Waals surface area contributed by atoms with E-state index in [1.807, 2.05) is 0 Å². The van der Waals surface area contributed by atoms with Crippen LogP contribution in [-0.2, 0) is 4.74 Å². The summed E-state index contributed by atoms with van der Waals surface area (Å²) in [4.78, 5) is 24.6. The molecule has 17 heavy (non-hydrogen) atoms. The van der Waals surface area contributed by atoms with Crippen LogP contribution in [0.2, 0.25) is 0 Å². The third-order valence-corrected chi connectivity index (χ3v) is 3.41. The highest BCUT2D eigenvalue weighted by Crippen LogP contribution is 2.36. The maximum Gasteiger partial charge on any atom is 0.330 e. The summed E-state index contributed by atoms with van der Waals surface area (Å²) in [6.45, 7) is -0.189. The number of hydrogen-bond acceptors (Lipinski definition) is 4. The first kappa shape index (κ1) is 12.3. The number of aromatic nitrogens is 2. The van der Waals surface area contributed by atoms with Crippen LogP contribution < -0.4 is 11.2 Å². The maximum absolute atomic E-state index is 11.5. The van der Waals surface area contributed by atoms with E-state index >= 15 is 0 Å². The van der Waals surface area contributed by atoms with E-state index in [0.29, 0.717) is 12.8 Å². The Morgan fingerprint density at radius 2 is 2.41 bits per heavy atom. The van der Waals surface area contributed by atoms with E-state index in [2.05, 4.69) is 4.98 Å². The van der Waals surface area contributed by atoms with E-state index in [4.69, 9.17) is 16.3 Å². The van der Waals surface area contributed by atoms with Crippen LogP contribution in [0.15, 0.2) is 21.9 Å². The Labute approximate surface area is 102 Å². The molecule has 1 aromatic heterocycles. The predicted molar refractivity (Wildman–Crippen MR) is 61.2 cm³/mol. The van der Waals surface area contributed by atoms with Gasteiger partial charge in [-0.25, -0.2) is 4.79 Å². The SMILES string of the molecule is O=c1ccn(C2CCC(CO)(CCl)O2)c(=O)[nH]1. The van der Waals surface area contributed by atoms with Crippen molar-refractivity contribution < 1.29 is 9.84 Å². The Hall–Kier alpha value is -1.11. The van der Waals surface area contributed by atoms with Crippen LogP contribution in [0.3, 0.4) is 0 Å². The van der Waals surface area contributed by atoms with Gasteiger partial charge in [-0.2, -0.15) is 0 Å². The van der Waals surface area contributed by atoms with Crippen LogP contribution in [-0.4, -0.2) is 32.7 Å². The minimum Gasteiger partial charge on any atom is -0.393 e. The molecule has 0 amide bonds. The highest BCUT2D eigenvalue weighted by molar-refractivity contribution is 6.18. The van der Waals surface area contributed by atoms with Gasteiger partial charge in [0, 0.05) is 12.3 Å². The summed E-state index contributed by atoms with van der Waals surface area (Å²) in [7, 11) is 0. The second kappa shape index (κ2) is 4.64. The zero-order chi connectivity index (χ0) is 12.5. The number of nitrogens with one attached hydrogen (secondary N) is 1. The first-order valence-electron chi connectivity index (χ1n) is 5.26. The lowest BCUT2D eigenvalue weighted by molar-refractivity contribution is -0.0859. The number of aliphatic hydroxyl groups excluding tert-OH is 1. The largest absolute Gasteiger partial charge is 0.393 e. The molecule has 2 rings (SSSR count). The third-order valence-electron chi connectivity index (χ3n) is 2.93. The second-order valence-electron chi connectivity index (χ2n) is 4.10. The van der Waals surface area contributed by atoms with E-state index in [0.717, 1.165) is 0 Å². The molecule has 1 aliphatic rings. The van der Waals surface area contributed by atoms with Gasteiger partial charge in [0.15, 0.2) is 0 Å². The fraction of sp³-hybridized carbons (Fsp3) is 0.600. The van der Waals surface area contributed by atoms with Crippen molar-refractivity contribution in [2.75, 3.05) is 12.5 Å². The lowest BCUT2D eigenvalue weighted by atomic mass is 10.0. The molecule has 1 aromatic rings. The number of aromatic amines is 1. The molecule has 0 aliphatic carbocycles. The zero-order valence-corrected chi connectivity index (χ0v) is 9.81. The van der Waals surface area contributed by atoms with Crippen molar-refractivity contribution >= 4 is 11.6 Å². The van der Waals surface area contributed by atoms with Gasteiger partial charge in [-0.3, -0.25) is 14.3 Å². The van der Waals surface area contributed by atoms with E-state index in [-0.39, 0.29) is 12.5 Å². The lowest BCUT2D eigenvalue weighted by Gasteiger charge is -2.24. The van der Waals surface area contributed by atoms with Gasteiger partial charge in [0.05, 0.1) is 12.5 Å². The molecule has 0 spiro atoms. The monoisotopic (exact) mass is 260 g/mol. The minimum absolute atomic E-state index is 0.165. The zero-order valence-electron chi connectivity index (χ0n) is 9.06. The Balaban J connectivity index is 2.26. The molecule has 1 aliphatic heterocycles. The summed E-state index contributed by atoms with van der Waals surface area (Å²) < 4.78 is 6.91. The standard InChI is InChI=1S/C10H13ClN2O4/c11-5-10(6-14)3-1-8(17-10)13-4-2-7(15)12-9(13)16/h2,4,8,14H,1,3,5-6H2,(H,12,15,16). The summed E-state index contributed by atoms with van der Waals surface area (Å²) in [6.07, 6.45) is 2.03. The van der Waals surface area contributed by atoms with Crippen LogP contribution in [0.1, 0.15) is 19.1 Å². The molecule has 2 heterocycles. The number of hydrogen-bond donors (Lipinski definition) is 2. The number of H-pyrrole nitrogens is 1. The minimum atomic E-state index is -0.790. The van der Waals surface area contributed by atoms with Crippen LogP contribution in [0, 0.1) is 0 Å². The summed E-state index contributed by atoms with van der Waals surface area (Å²) in [5, 5.41) is 9.24. The molecule has 7 heteroatoms. The first-order chi connectivity index (χ1) is 8.10. The lowest BCUT2D eigenvalue weighted by Crippen LogP contribution is -2.37. The molecule has 0 bridgehead atoms. The summed E-state index contributed by atoms with van der Waals surface area (Å²) >= 11 is 5.75. The molecule has 94 valence electrons. The Kier molecular flexibility index (Phi) is 3.37. The molecule has 2 N–H and O–H groups in total. The highest BCUT2D eigenvalue weighted by atomic mass is 35.5. The topological polar surface area (TPSA) is 84.3 Å². The van der Waals surface area contributed by atoms with Gasteiger partial charge in [0.2, 0.25) is 0 Å². The van der Waals surface area contributed by atoms with Crippen molar-refractivity contribution in [3.05, 3.63) is 33.1 Å². The van der Waals surface area contributed by atoms with Crippen LogP contribution in [0.5, 0.6) is 0 Å². The average molecular weight is 261 g/mol. The Bertz CT molecular complexity index is 506. The molecule has 6 nitrogen and oxygen atoms in total. The van der Waals surface area contributed by atoms with Crippen molar-refractivity contribution in [2.24, 2.45) is 0 Å². The molecular formula is C10H13ClN2O4. The van der Waals surface area contributed by atoms with Crippen molar-refractivity contribution in [1.29, 1.82) is 0 Å². The van der Waals surface area contributed by atoms with Gasteiger partial charge in [-0.05, 0) is 12.8 Å². The molecular weight excluding hydrogens is 248 g/mol. The van der Waals surface area contributed by atoms with Gasteiger partial charge in [-0.1, -0.05) is 0 Å². The van der Waals surface area contributed by atoms with Gasteiger partial charge in [0.25, 0.3) is 5.56 Å². The van der Waals surface area contributed by atoms with E-state index < -0.39 is 23.1 Å². The Morgan fingerprint density at radius 1 is 1.65 bits per heavy atom.